The third-order valence-corrected chi connectivity index (χ3v) is 5.31. The lowest BCUT2D eigenvalue weighted by atomic mass is 10.1. The molecule has 0 bridgehead atoms. The van der Waals surface area contributed by atoms with Crippen LogP contribution in [0.2, 0.25) is 0 Å². The Morgan fingerprint density at radius 2 is 1.89 bits per heavy atom. The van der Waals surface area contributed by atoms with Crippen molar-refractivity contribution < 1.29 is 22.7 Å². The number of benzene rings is 2. The Bertz CT molecular complexity index is 1410. The van der Waals surface area contributed by atoms with E-state index in [0.717, 1.165) is 23.4 Å². The van der Waals surface area contributed by atoms with Crippen LogP contribution in [0.25, 0.3) is 0 Å². The molecule has 7 nitrogen and oxygen atoms in total. The van der Waals surface area contributed by atoms with Crippen LogP contribution in [-0.4, -0.2) is 20.4 Å². The summed E-state index contributed by atoms with van der Waals surface area (Å²) >= 11 is 0. The Kier molecular flexibility index (Phi) is 7.01. The highest BCUT2D eigenvalue weighted by molar-refractivity contribution is 5.92. The van der Waals surface area contributed by atoms with Crippen LogP contribution in [0.1, 0.15) is 45.8 Å². The minimum Gasteiger partial charge on any atom is -0.439 e. The van der Waals surface area contributed by atoms with Crippen LogP contribution in [0.15, 0.2) is 79.3 Å². The van der Waals surface area contributed by atoms with Gasteiger partial charge in [-0.2, -0.15) is 18.4 Å². The molecule has 1 amide bonds. The molecule has 0 aliphatic heterocycles. The summed E-state index contributed by atoms with van der Waals surface area (Å²) in [6.07, 6.45) is -1.20. The van der Waals surface area contributed by atoms with Crippen molar-refractivity contribution in [2.75, 3.05) is 0 Å². The number of hydrogen-bond donors (Lipinski definition) is 1. The third-order valence-electron chi connectivity index (χ3n) is 5.31. The van der Waals surface area contributed by atoms with Crippen LogP contribution in [0.4, 0.5) is 13.2 Å². The first kappa shape index (κ1) is 24.5. The number of aromatic nitrogens is 3. The van der Waals surface area contributed by atoms with Crippen LogP contribution in [0, 0.1) is 11.3 Å². The average molecular weight is 491 g/mol. The minimum absolute atomic E-state index is 0.0134. The molecule has 4 rings (SSSR count). The molecule has 0 saturated heterocycles. The number of hydrogen-bond acceptors (Lipinski definition) is 5. The zero-order chi connectivity index (χ0) is 25.7. The predicted molar refractivity (Wildman–Crippen MR) is 124 cm³/mol. The van der Waals surface area contributed by atoms with Crippen LogP contribution >= 0.6 is 0 Å². The van der Waals surface area contributed by atoms with Gasteiger partial charge in [-0.15, -0.1) is 0 Å². The zero-order valence-electron chi connectivity index (χ0n) is 19.0. The second-order valence-electron chi connectivity index (χ2n) is 7.94. The third kappa shape index (κ3) is 5.88. The van der Waals surface area contributed by atoms with Crippen molar-refractivity contribution in [2.45, 2.75) is 25.7 Å². The standard InChI is InChI=1S/C26H20F3N5O2/c1-17(23-14-31-16-34(23)15-19-10-8-18(13-30)9-11-19)32-25(35)22-6-3-7-24(33-22)36-21-5-2-4-20(12-21)26(27,28)29/h2-12,14,16-17H,15H2,1H3,(H,32,35). The first-order chi connectivity index (χ1) is 17.2. The van der Waals surface area contributed by atoms with Gasteiger partial charge in [0.15, 0.2) is 0 Å². The second-order valence-corrected chi connectivity index (χ2v) is 7.94. The van der Waals surface area contributed by atoms with Gasteiger partial charge in [-0.25, -0.2) is 9.97 Å². The molecular weight excluding hydrogens is 471 g/mol. The van der Waals surface area contributed by atoms with Gasteiger partial charge in [0.1, 0.15) is 11.4 Å². The quantitative estimate of drug-likeness (QED) is 0.369. The van der Waals surface area contributed by atoms with Crippen molar-refractivity contribution in [2.24, 2.45) is 0 Å². The first-order valence-corrected chi connectivity index (χ1v) is 10.8. The fourth-order valence-electron chi connectivity index (χ4n) is 3.50. The molecule has 0 spiro atoms. The Hall–Kier alpha value is -4.65. The molecule has 0 saturated carbocycles. The molecule has 0 radical (unpaired) electrons. The fourth-order valence-corrected chi connectivity index (χ4v) is 3.50. The van der Waals surface area contributed by atoms with Gasteiger partial charge in [0, 0.05) is 12.6 Å². The molecule has 182 valence electrons. The number of alkyl halides is 3. The first-order valence-electron chi connectivity index (χ1n) is 10.8. The number of pyridine rings is 1. The van der Waals surface area contributed by atoms with Crippen molar-refractivity contribution in [3.63, 3.8) is 0 Å². The molecule has 0 fully saturated rings. The molecule has 4 aromatic rings. The van der Waals surface area contributed by atoms with Gasteiger partial charge in [-0.05, 0) is 48.9 Å². The van der Waals surface area contributed by atoms with Gasteiger partial charge in [-0.1, -0.05) is 24.3 Å². The minimum atomic E-state index is -4.50. The van der Waals surface area contributed by atoms with Gasteiger partial charge in [0.2, 0.25) is 5.88 Å². The number of carbonyl (C=O) groups is 1. The highest BCUT2D eigenvalue weighted by atomic mass is 19.4. The van der Waals surface area contributed by atoms with Gasteiger partial charge in [0.05, 0.1) is 41.5 Å². The van der Waals surface area contributed by atoms with Crippen LogP contribution in [0.3, 0.4) is 0 Å². The molecule has 1 atom stereocenters. The Morgan fingerprint density at radius 3 is 2.61 bits per heavy atom. The van der Waals surface area contributed by atoms with E-state index in [0.29, 0.717) is 12.1 Å². The van der Waals surface area contributed by atoms with Gasteiger partial charge in [-0.3, -0.25) is 4.79 Å². The number of halogens is 3. The molecule has 0 aliphatic carbocycles. The summed E-state index contributed by atoms with van der Waals surface area (Å²) in [6.45, 7) is 2.30. The van der Waals surface area contributed by atoms with Crippen LogP contribution in [-0.2, 0) is 12.7 Å². The van der Waals surface area contributed by atoms with E-state index in [1.807, 2.05) is 16.7 Å². The number of amides is 1. The Morgan fingerprint density at radius 1 is 1.14 bits per heavy atom. The highest BCUT2D eigenvalue weighted by Crippen LogP contribution is 2.32. The van der Waals surface area contributed by atoms with Crippen molar-refractivity contribution in [3.8, 4) is 17.7 Å². The number of nitrogens with zero attached hydrogens (tertiary/aromatic N) is 4. The van der Waals surface area contributed by atoms with Crippen molar-refractivity contribution in [1.82, 2.24) is 19.9 Å². The molecule has 2 heterocycles. The topological polar surface area (TPSA) is 92.8 Å². The Balaban J connectivity index is 1.44. The molecular formula is C26H20F3N5O2. The zero-order valence-corrected chi connectivity index (χ0v) is 19.0. The lowest BCUT2D eigenvalue weighted by molar-refractivity contribution is -0.137. The molecule has 1 unspecified atom stereocenters. The van der Waals surface area contributed by atoms with E-state index >= 15 is 0 Å². The molecule has 1 N–H and O–H groups in total. The molecule has 10 heteroatoms. The maximum absolute atomic E-state index is 13.0. The monoisotopic (exact) mass is 491 g/mol. The van der Waals surface area contributed by atoms with Gasteiger partial charge < -0.3 is 14.6 Å². The molecule has 2 aromatic carbocycles. The van der Waals surface area contributed by atoms with Crippen LogP contribution in [0.5, 0.6) is 11.6 Å². The number of nitrogens with one attached hydrogen (secondary N) is 1. The van der Waals surface area contributed by atoms with Crippen LogP contribution < -0.4 is 10.1 Å². The summed E-state index contributed by atoms with van der Waals surface area (Å²) in [6, 6.07) is 17.7. The van der Waals surface area contributed by atoms with E-state index in [-0.39, 0.29) is 17.3 Å². The smallest absolute Gasteiger partial charge is 0.416 e. The normalized spacial score (nSPS) is 12.0. The predicted octanol–water partition coefficient (Wildman–Crippen LogP) is 5.50. The summed E-state index contributed by atoms with van der Waals surface area (Å²) in [7, 11) is 0. The largest absolute Gasteiger partial charge is 0.439 e. The second kappa shape index (κ2) is 10.3. The lowest BCUT2D eigenvalue weighted by Crippen LogP contribution is -2.29. The number of rotatable bonds is 7. The van der Waals surface area contributed by atoms with E-state index in [1.54, 1.807) is 31.6 Å². The summed E-state index contributed by atoms with van der Waals surface area (Å²) in [4.78, 5) is 21.2. The van der Waals surface area contributed by atoms with E-state index in [4.69, 9.17) is 10.00 Å². The van der Waals surface area contributed by atoms with Crippen molar-refractivity contribution >= 4 is 5.91 Å². The van der Waals surface area contributed by atoms with Gasteiger partial charge >= 0.3 is 6.18 Å². The number of ether oxygens (including phenoxy) is 1. The summed E-state index contributed by atoms with van der Waals surface area (Å²) in [5, 5.41) is 11.8. The van der Waals surface area contributed by atoms with Crippen molar-refractivity contribution in [3.05, 3.63) is 107 Å². The lowest BCUT2D eigenvalue weighted by Gasteiger charge is -2.16. The molecule has 36 heavy (non-hydrogen) atoms. The Labute approximate surface area is 204 Å². The average Bonchev–Trinajstić information content (AvgIpc) is 3.32. The summed E-state index contributed by atoms with van der Waals surface area (Å²) in [5.41, 5.74) is 1.48. The highest BCUT2D eigenvalue weighted by Gasteiger charge is 2.30. The number of imidazole rings is 1. The number of carbonyl (C=O) groups excluding carboxylic acids is 1. The molecule has 0 aliphatic rings. The maximum Gasteiger partial charge on any atom is 0.416 e. The fraction of sp³-hybridized carbons (Fsp3) is 0.154. The van der Waals surface area contributed by atoms with E-state index in [2.05, 4.69) is 21.4 Å². The summed E-state index contributed by atoms with van der Waals surface area (Å²) in [5.74, 6) is -0.543. The summed E-state index contributed by atoms with van der Waals surface area (Å²) < 4.78 is 46.2. The SMILES string of the molecule is CC(NC(=O)c1cccc(Oc2cccc(C(F)(F)F)c2)n1)c1cncn1Cc1ccc(C#N)cc1. The van der Waals surface area contributed by atoms with Gasteiger partial charge in [0.25, 0.3) is 5.91 Å². The van der Waals surface area contributed by atoms with E-state index in [9.17, 15) is 18.0 Å². The van der Waals surface area contributed by atoms with E-state index in [1.165, 1.54) is 30.3 Å². The van der Waals surface area contributed by atoms with Crippen molar-refractivity contribution in [1.29, 1.82) is 5.26 Å². The number of nitriles is 1. The van der Waals surface area contributed by atoms with E-state index < -0.39 is 23.7 Å². The molecule has 2 aromatic heterocycles. The maximum atomic E-state index is 13.0.